The summed E-state index contributed by atoms with van der Waals surface area (Å²) in [7, 11) is -1.28. The molecule has 0 bridgehead atoms. The number of nitrogens with one attached hydrogen (secondary N) is 2. The van der Waals surface area contributed by atoms with Gasteiger partial charge in [-0.1, -0.05) is 24.3 Å². The molecule has 0 aliphatic heterocycles. The van der Waals surface area contributed by atoms with E-state index >= 15 is 0 Å². The fraction of sp³-hybridized carbons (Fsp3) is 0.500. The van der Waals surface area contributed by atoms with Crippen LogP contribution in [0.4, 0.5) is 0 Å². The summed E-state index contributed by atoms with van der Waals surface area (Å²) in [5.41, 5.74) is 1.99. The normalized spacial score (nSPS) is 16.1. The van der Waals surface area contributed by atoms with E-state index in [1.165, 1.54) is 0 Å². The molecule has 2 rings (SSSR count). The summed E-state index contributed by atoms with van der Waals surface area (Å²) in [5, 5.41) is 3.06. The van der Waals surface area contributed by atoms with Gasteiger partial charge in [0.05, 0.1) is 5.75 Å². The predicted molar refractivity (Wildman–Crippen MR) is 68.0 cm³/mol. The molecule has 0 atom stereocenters. The largest absolute Gasteiger partial charge is 0.316 e. The zero-order chi connectivity index (χ0) is 12.3. The Morgan fingerprint density at radius 2 is 1.76 bits per heavy atom. The van der Waals surface area contributed by atoms with Crippen LogP contribution < -0.4 is 10.0 Å². The molecule has 17 heavy (non-hydrogen) atoms. The number of hydrogen-bond acceptors (Lipinski definition) is 3. The highest BCUT2D eigenvalue weighted by atomic mass is 32.2. The monoisotopic (exact) mass is 254 g/mol. The molecule has 0 spiro atoms. The zero-order valence-electron chi connectivity index (χ0n) is 9.94. The van der Waals surface area contributed by atoms with Gasteiger partial charge in [-0.2, -0.15) is 0 Å². The van der Waals surface area contributed by atoms with Crippen LogP contribution in [-0.2, 0) is 22.3 Å². The molecule has 5 heteroatoms. The Labute approximate surface area is 102 Å². The maximum atomic E-state index is 11.7. The first-order valence-electron chi connectivity index (χ1n) is 5.81. The van der Waals surface area contributed by atoms with E-state index in [0.717, 1.165) is 30.5 Å². The molecule has 0 amide bonds. The molecule has 0 radical (unpaired) electrons. The lowest BCUT2D eigenvalue weighted by atomic mass is 10.1. The molecule has 0 aromatic heterocycles. The van der Waals surface area contributed by atoms with Crippen LogP contribution in [0.1, 0.15) is 24.0 Å². The second-order valence-corrected chi connectivity index (χ2v) is 6.25. The van der Waals surface area contributed by atoms with E-state index in [1.807, 2.05) is 31.3 Å². The maximum Gasteiger partial charge on any atom is 0.216 e. The Morgan fingerprint density at radius 1 is 1.18 bits per heavy atom. The molecule has 0 heterocycles. The summed E-state index contributed by atoms with van der Waals surface area (Å²) in [5.74, 6) is 0.0728. The summed E-state index contributed by atoms with van der Waals surface area (Å²) in [4.78, 5) is 0. The van der Waals surface area contributed by atoms with E-state index in [1.54, 1.807) is 0 Å². The highest BCUT2D eigenvalue weighted by Crippen LogP contribution is 2.20. The highest BCUT2D eigenvalue weighted by Gasteiger charge is 2.26. The van der Waals surface area contributed by atoms with Crippen molar-refractivity contribution in [2.24, 2.45) is 0 Å². The molecule has 1 fully saturated rings. The van der Waals surface area contributed by atoms with Crippen molar-refractivity contribution in [2.75, 3.05) is 7.05 Å². The predicted octanol–water partition coefficient (Wildman–Crippen LogP) is 0.988. The van der Waals surface area contributed by atoms with E-state index in [0.29, 0.717) is 0 Å². The molecule has 2 N–H and O–H groups in total. The summed E-state index contributed by atoms with van der Waals surface area (Å²) in [6.45, 7) is 0.799. The molecule has 1 aliphatic rings. The summed E-state index contributed by atoms with van der Waals surface area (Å²) < 4.78 is 26.2. The Kier molecular flexibility index (Phi) is 3.81. The fourth-order valence-electron chi connectivity index (χ4n) is 1.67. The Hall–Kier alpha value is -0.910. The highest BCUT2D eigenvalue weighted by molar-refractivity contribution is 7.88. The minimum absolute atomic E-state index is 0.0728. The van der Waals surface area contributed by atoms with Crippen molar-refractivity contribution in [1.82, 2.24) is 10.0 Å². The minimum Gasteiger partial charge on any atom is -0.316 e. The van der Waals surface area contributed by atoms with Crippen LogP contribution in [0, 0.1) is 0 Å². The first-order chi connectivity index (χ1) is 8.09. The summed E-state index contributed by atoms with van der Waals surface area (Å²) in [6.07, 6.45) is 1.95. The molecule has 1 aromatic rings. The van der Waals surface area contributed by atoms with E-state index < -0.39 is 10.0 Å². The van der Waals surface area contributed by atoms with Crippen molar-refractivity contribution < 1.29 is 8.42 Å². The van der Waals surface area contributed by atoms with Crippen LogP contribution in [0.5, 0.6) is 0 Å². The SMILES string of the molecule is CNCc1ccc(CS(=O)(=O)NC2CC2)cc1. The van der Waals surface area contributed by atoms with Crippen molar-refractivity contribution in [3.8, 4) is 0 Å². The molecule has 0 unspecified atom stereocenters. The van der Waals surface area contributed by atoms with E-state index in [4.69, 9.17) is 0 Å². The van der Waals surface area contributed by atoms with Gasteiger partial charge in [-0.25, -0.2) is 13.1 Å². The molecular formula is C12H18N2O2S. The van der Waals surface area contributed by atoms with Gasteiger partial charge in [0.2, 0.25) is 10.0 Å². The average molecular weight is 254 g/mol. The van der Waals surface area contributed by atoms with Crippen molar-refractivity contribution in [2.45, 2.75) is 31.2 Å². The third-order valence-electron chi connectivity index (χ3n) is 2.68. The number of benzene rings is 1. The summed E-state index contributed by atoms with van der Waals surface area (Å²) >= 11 is 0. The van der Waals surface area contributed by atoms with Crippen molar-refractivity contribution in [1.29, 1.82) is 0 Å². The van der Waals surface area contributed by atoms with Crippen LogP contribution in [0.15, 0.2) is 24.3 Å². The van der Waals surface area contributed by atoms with Crippen LogP contribution in [0.25, 0.3) is 0 Å². The standard InChI is InChI=1S/C12H18N2O2S/c1-13-8-10-2-4-11(5-3-10)9-17(15,16)14-12-6-7-12/h2-5,12-14H,6-9H2,1H3. The van der Waals surface area contributed by atoms with Crippen LogP contribution in [-0.4, -0.2) is 21.5 Å². The lowest BCUT2D eigenvalue weighted by molar-refractivity contribution is 0.580. The quantitative estimate of drug-likeness (QED) is 0.796. The van der Waals surface area contributed by atoms with Gasteiger partial charge in [0, 0.05) is 12.6 Å². The smallest absolute Gasteiger partial charge is 0.216 e. The van der Waals surface area contributed by atoms with E-state index in [2.05, 4.69) is 10.0 Å². The number of rotatable bonds is 6. The molecule has 1 aromatic carbocycles. The lowest BCUT2D eigenvalue weighted by Crippen LogP contribution is -2.27. The van der Waals surface area contributed by atoms with E-state index in [-0.39, 0.29) is 11.8 Å². The van der Waals surface area contributed by atoms with Gasteiger partial charge in [-0.15, -0.1) is 0 Å². The molecule has 1 saturated carbocycles. The van der Waals surface area contributed by atoms with Gasteiger partial charge in [0.1, 0.15) is 0 Å². The number of sulfonamides is 1. The molecule has 4 nitrogen and oxygen atoms in total. The maximum absolute atomic E-state index is 11.7. The Balaban J connectivity index is 1.97. The second kappa shape index (κ2) is 5.16. The van der Waals surface area contributed by atoms with Crippen LogP contribution >= 0.6 is 0 Å². The molecule has 94 valence electrons. The average Bonchev–Trinajstić information content (AvgIpc) is 3.04. The lowest BCUT2D eigenvalue weighted by Gasteiger charge is -2.06. The fourth-order valence-corrected chi connectivity index (χ4v) is 3.13. The first-order valence-corrected chi connectivity index (χ1v) is 7.47. The van der Waals surface area contributed by atoms with Crippen LogP contribution in [0.2, 0.25) is 0 Å². The van der Waals surface area contributed by atoms with Gasteiger partial charge in [0.15, 0.2) is 0 Å². The van der Waals surface area contributed by atoms with Gasteiger partial charge >= 0.3 is 0 Å². The molecule has 0 saturated heterocycles. The third-order valence-corrected chi connectivity index (χ3v) is 4.09. The Bertz CT molecular complexity index is 464. The van der Waals surface area contributed by atoms with Crippen molar-refractivity contribution in [3.05, 3.63) is 35.4 Å². The third kappa shape index (κ3) is 4.11. The second-order valence-electron chi connectivity index (χ2n) is 4.50. The first kappa shape index (κ1) is 12.5. The topological polar surface area (TPSA) is 58.2 Å². The van der Waals surface area contributed by atoms with Gasteiger partial charge in [0.25, 0.3) is 0 Å². The van der Waals surface area contributed by atoms with Crippen molar-refractivity contribution in [3.63, 3.8) is 0 Å². The van der Waals surface area contributed by atoms with Gasteiger partial charge < -0.3 is 5.32 Å². The minimum atomic E-state index is -3.16. The van der Waals surface area contributed by atoms with Crippen molar-refractivity contribution >= 4 is 10.0 Å². The number of hydrogen-bond donors (Lipinski definition) is 2. The van der Waals surface area contributed by atoms with Gasteiger partial charge in [-0.3, -0.25) is 0 Å². The summed E-state index contributed by atoms with van der Waals surface area (Å²) in [6, 6.07) is 7.85. The Morgan fingerprint density at radius 3 is 2.29 bits per heavy atom. The van der Waals surface area contributed by atoms with Gasteiger partial charge in [-0.05, 0) is 31.0 Å². The zero-order valence-corrected chi connectivity index (χ0v) is 10.8. The molecule has 1 aliphatic carbocycles. The van der Waals surface area contributed by atoms with E-state index in [9.17, 15) is 8.42 Å². The van der Waals surface area contributed by atoms with Crippen LogP contribution in [0.3, 0.4) is 0 Å². The molecular weight excluding hydrogens is 236 g/mol.